The number of halogens is 3. The summed E-state index contributed by atoms with van der Waals surface area (Å²) in [6, 6.07) is 9.74. The highest BCUT2D eigenvalue weighted by Crippen LogP contribution is 2.33. The molecule has 5 nitrogen and oxygen atoms in total. The summed E-state index contributed by atoms with van der Waals surface area (Å²) in [5.41, 5.74) is 2.35. The predicted molar refractivity (Wildman–Crippen MR) is 80.0 cm³/mol. The highest BCUT2D eigenvalue weighted by Gasteiger charge is 2.37. The smallest absolute Gasteiger partial charge is 0.264 e. The van der Waals surface area contributed by atoms with E-state index in [9.17, 15) is 13.2 Å². The zero-order chi connectivity index (χ0) is 16.3. The molecule has 23 heavy (non-hydrogen) atoms. The van der Waals surface area contributed by atoms with Crippen LogP contribution < -0.4 is 5.43 Å². The summed E-state index contributed by atoms with van der Waals surface area (Å²) in [7, 11) is 0. The number of fused-ring (bicyclic) bond motifs is 1. The summed E-state index contributed by atoms with van der Waals surface area (Å²) in [5.74, 6) is -0.448. The van der Waals surface area contributed by atoms with Gasteiger partial charge in [-0.2, -0.15) is 18.3 Å². The first-order valence-electron chi connectivity index (χ1n) is 6.57. The first kappa shape index (κ1) is 14.9. The second-order valence-corrected chi connectivity index (χ2v) is 4.56. The van der Waals surface area contributed by atoms with Crippen LogP contribution in [0, 0.1) is 0 Å². The van der Waals surface area contributed by atoms with Gasteiger partial charge in [0.2, 0.25) is 0 Å². The number of hydrogen-bond acceptors (Lipinski definition) is 5. The Bertz CT molecular complexity index is 847. The van der Waals surface area contributed by atoms with Crippen LogP contribution in [0.2, 0.25) is 0 Å². The molecule has 0 amide bonds. The summed E-state index contributed by atoms with van der Waals surface area (Å²) < 4.78 is 39.4. The second-order valence-electron chi connectivity index (χ2n) is 4.56. The fourth-order valence-electron chi connectivity index (χ4n) is 1.90. The third-order valence-electron chi connectivity index (χ3n) is 2.91. The molecule has 0 aliphatic carbocycles. The number of hydrazone groups is 1. The number of benzene rings is 1. The van der Waals surface area contributed by atoms with E-state index in [4.69, 9.17) is 0 Å². The van der Waals surface area contributed by atoms with E-state index in [-0.39, 0.29) is 5.52 Å². The second kappa shape index (κ2) is 5.99. The summed E-state index contributed by atoms with van der Waals surface area (Å²) in [5, 5.41) is 3.78. The lowest BCUT2D eigenvalue weighted by atomic mass is 10.3. The molecular formula is C15H10F3N5. The number of nitrogens with one attached hydrogen (secondary N) is 1. The van der Waals surface area contributed by atoms with E-state index in [1.165, 1.54) is 18.5 Å². The van der Waals surface area contributed by atoms with Crippen LogP contribution in [0.5, 0.6) is 0 Å². The molecule has 0 saturated carbocycles. The van der Waals surface area contributed by atoms with Crippen molar-refractivity contribution in [2.75, 3.05) is 5.43 Å². The van der Waals surface area contributed by atoms with Crippen molar-refractivity contribution >= 4 is 23.1 Å². The number of hydrogen-bond donors (Lipinski definition) is 1. The van der Waals surface area contributed by atoms with Gasteiger partial charge in [0.25, 0.3) is 0 Å². The van der Waals surface area contributed by atoms with E-state index in [0.29, 0.717) is 11.1 Å². The molecule has 0 aliphatic heterocycles. The molecule has 1 aromatic carbocycles. The molecule has 0 aliphatic rings. The van der Waals surface area contributed by atoms with Crippen molar-refractivity contribution < 1.29 is 13.2 Å². The number of para-hydroxylation sites is 2. The van der Waals surface area contributed by atoms with Crippen LogP contribution in [0.4, 0.5) is 19.0 Å². The van der Waals surface area contributed by atoms with E-state index in [2.05, 4.69) is 25.5 Å². The molecule has 0 saturated heterocycles. The first-order valence-corrected chi connectivity index (χ1v) is 6.57. The molecule has 0 fully saturated rings. The lowest BCUT2D eigenvalue weighted by Gasteiger charge is -2.11. The molecule has 0 atom stereocenters. The maximum atomic E-state index is 13.1. The van der Waals surface area contributed by atoms with Crippen LogP contribution in [0.3, 0.4) is 0 Å². The van der Waals surface area contributed by atoms with Crippen molar-refractivity contribution in [1.82, 2.24) is 15.0 Å². The Morgan fingerprint density at radius 2 is 1.74 bits per heavy atom. The first-order chi connectivity index (χ1) is 11.0. The zero-order valence-corrected chi connectivity index (χ0v) is 11.6. The van der Waals surface area contributed by atoms with Crippen molar-refractivity contribution in [3.63, 3.8) is 0 Å². The van der Waals surface area contributed by atoms with Gasteiger partial charge in [-0.3, -0.25) is 10.4 Å². The number of rotatable bonds is 3. The van der Waals surface area contributed by atoms with Gasteiger partial charge in [0, 0.05) is 18.0 Å². The number of nitrogens with zero attached hydrogens (tertiary/aromatic N) is 4. The predicted octanol–water partition coefficient (Wildman–Crippen LogP) is 3.49. The van der Waals surface area contributed by atoms with Gasteiger partial charge in [-0.15, -0.1) is 0 Å². The summed E-state index contributed by atoms with van der Waals surface area (Å²) in [6.07, 6.45) is -0.170. The quantitative estimate of drug-likeness (QED) is 0.593. The Labute approximate surface area is 128 Å². The largest absolute Gasteiger partial charge is 0.437 e. The monoisotopic (exact) mass is 317 g/mol. The summed E-state index contributed by atoms with van der Waals surface area (Å²) in [4.78, 5) is 11.5. The van der Waals surface area contributed by atoms with Crippen LogP contribution in [0.25, 0.3) is 11.0 Å². The fourth-order valence-corrected chi connectivity index (χ4v) is 1.90. The van der Waals surface area contributed by atoms with Crippen molar-refractivity contribution in [1.29, 1.82) is 0 Å². The minimum absolute atomic E-state index is 0.168. The minimum atomic E-state index is -4.64. The number of pyridine rings is 1. The van der Waals surface area contributed by atoms with Crippen LogP contribution >= 0.6 is 0 Å². The Hall–Kier alpha value is -3.03. The van der Waals surface area contributed by atoms with Crippen LogP contribution in [0.15, 0.2) is 53.9 Å². The van der Waals surface area contributed by atoms with Crippen LogP contribution in [0.1, 0.15) is 11.3 Å². The number of aromatic nitrogens is 3. The maximum Gasteiger partial charge on any atom is 0.437 e. The molecule has 0 bridgehead atoms. The molecule has 8 heteroatoms. The molecule has 2 heterocycles. The van der Waals surface area contributed by atoms with Gasteiger partial charge in [-0.25, -0.2) is 9.97 Å². The van der Waals surface area contributed by atoms with Crippen molar-refractivity contribution in [2.45, 2.75) is 6.18 Å². The Balaban J connectivity index is 1.96. The molecule has 3 aromatic rings. The molecule has 2 aromatic heterocycles. The molecule has 0 unspecified atom stereocenters. The van der Waals surface area contributed by atoms with Gasteiger partial charge in [0.15, 0.2) is 11.5 Å². The fraction of sp³-hybridized carbons (Fsp3) is 0.0667. The Morgan fingerprint density at radius 3 is 2.39 bits per heavy atom. The Morgan fingerprint density at radius 1 is 1.00 bits per heavy atom. The lowest BCUT2D eigenvalue weighted by molar-refractivity contribution is -0.140. The van der Waals surface area contributed by atoms with Gasteiger partial charge < -0.3 is 0 Å². The molecular weight excluding hydrogens is 307 g/mol. The van der Waals surface area contributed by atoms with Crippen molar-refractivity contribution in [3.05, 3.63) is 60.0 Å². The van der Waals surface area contributed by atoms with Gasteiger partial charge in [0.05, 0.1) is 17.2 Å². The van der Waals surface area contributed by atoms with E-state index >= 15 is 0 Å². The molecule has 1 N–H and O–H groups in total. The standard InChI is InChI=1S/C15H10F3N5/c16-15(17,18)13-14(22-12-6-2-1-5-11(12)21-13)23-20-9-10-4-3-7-19-8-10/h1-9H,(H,22,23). The normalized spacial score (nSPS) is 12.0. The van der Waals surface area contributed by atoms with Gasteiger partial charge in [0.1, 0.15) is 0 Å². The molecule has 3 rings (SSSR count). The van der Waals surface area contributed by atoms with E-state index in [1.54, 1.807) is 36.5 Å². The number of alkyl halides is 3. The van der Waals surface area contributed by atoms with E-state index < -0.39 is 17.7 Å². The topological polar surface area (TPSA) is 63.1 Å². The van der Waals surface area contributed by atoms with E-state index in [0.717, 1.165) is 0 Å². The maximum absolute atomic E-state index is 13.1. The SMILES string of the molecule is FC(F)(F)c1nc2ccccc2nc1NN=Cc1cccnc1. The van der Waals surface area contributed by atoms with Gasteiger partial charge in [-0.1, -0.05) is 18.2 Å². The Kier molecular flexibility index (Phi) is 3.88. The average molecular weight is 317 g/mol. The van der Waals surface area contributed by atoms with Gasteiger partial charge in [-0.05, 0) is 18.2 Å². The van der Waals surface area contributed by atoms with Crippen molar-refractivity contribution in [3.8, 4) is 0 Å². The van der Waals surface area contributed by atoms with E-state index in [1.807, 2.05) is 0 Å². The molecule has 0 radical (unpaired) electrons. The molecule has 116 valence electrons. The lowest BCUT2D eigenvalue weighted by Crippen LogP contribution is -2.13. The third kappa shape index (κ3) is 3.42. The number of anilines is 1. The average Bonchev–Trinajstić information content (AvgIpc) is 2.54. The third-order valence-corrected chi connectivity index (χ3v) is 2.91. The molecule has 0 spiro atoms. The van der Waals surface area contributed by atoms with Crippen LogP contribution in [-0.4, -0.2) is 21.2 Å². The summed E-state index contributed by atoms with van der Waals surface area (Å²) >= 11 is 0. The van der Waals surface area contributed by atoms with Gasteiger partial charge >= 0.3 is 6.18 Å². The van der Waals surface area contributed by atoms with Crippen LogP contribution in [-0.2, 0) is 6.18 Å². The zero-order valence-electron chi connectivity index (χ0n) is 11.6. The minimum Gasteiger partial charge on any atom is -0.264 e. The summed E-state index contributed by atoms with van der Waals surface area (Å²) in [6.45, 7) is 0. The van der Waals surface area contributed by atoms with Crippen molar-refractivity contribution in [2.24, 2.45) is 5.10 Å². The highest BCUT2D eigenvalue weighted by atomic mass is 19.4. The highest BCUT2D eigenvalue weighted by molar-refractivity contribution is 5.80.